The molecule has 0 bridgehead atoms. The normalized spacial score (nSPS) is 15.7. The molecule has 2 heterocycles. The van der Waals surface area contributed by atoms with E-state index in [9.17, 15) is 9.59 Å². The molecule has 0 N–H and O–H groups in total. The Balaban J connectivity index is 1.91. The fourth-order valence-electron chi connectivity index (χ4n) is 3.80. The van der Waals surface area contributed by atoms with Gasteiger partial charge < -0.3 is 23.7 Å². The molecule has 1 aliphatic rings. The van der Waals surface area contributed by atoms with E-state index >= 15 is 0 Å². The molecule has 2 aromatic carbocycles. The fourth-order valence-corrected chi connectivity index (χ4v) is 3.80. The minimum atomic E-state index is -0.513. The maximum Gasteiger partial charge on any atom is 0.290 e. The first-order valence-corrected chi connectivity index (χ1v) is 9.69. The third-order valence-corrected chi connectivity index (χ3v) is 5.39. The second kappa shape index (κ2) is 7.84. The first-order valence-electron chi connectivity index (χ1n) is 9.69. The van der Waals surface area contributed by atoms with Crippen LogP contribution in [0.2, 0.25) is 0 Å². The van der Waals surface area contributed by atoms with E-state index < -0.39 is 6.04 Å². The van der Waals surface area contributed by atoms with Crippen molar-refractivity contribution in [2.75, 3.05) is 41.4 Å². The molecule has 1 aromatic heterocycles. The molecule has 0 saturated heterocycles. The van der Waals surface area contributed by atoms with Gasteiger partial charge in [-0.15, -0.1) is 0 Å². The first-order chi connectivity index (χ1) is 14.4. The molecule has 0 radical (unpaired) electrons. The quantitative estimate of drug-likeness (QED) is 0.625. The third kappa shape index (κ3) is 3.31. The summed E-state index contributed by atoms with van der Waals surface area (Å²) in [6.45, 7) is 1.12. The summed E-state index contributed by atoms with van der Waals surface area (Å²) in [7, 11) is 7.03. The minimum Gasteiger partial charge on any atom is -0.497 e. The molecule has 7 heteroatoms. The molecular weight excluding hydrogens is 384 g/mol. The number of hydrogen-bond donors (Lipinski definition) is 0. The first kappa shape index (κ1) is 20.0. The number of fused-ring (bicyclic) bond motifs is 2. The standard InChI is InChI=1S/C23H24N2O5/c1-24(2)11-12-25-20(14-5-7-15(28-3)8-6-14)19-21(26)17-10-9-16(29-4)13-18(17)30-22(19)23(25)27/h5-10,13,20H,11-12H2,1-4H3/t20-/m0/s1. The highest BCUT2D eigenvalue weighted by atomic mass is 16.5. The topological polar surface area (TPSA) is 72.2 Å². The van der Waals surface area contributed by atoms with E-state index in [4.69, 9.17) is 13.9 Å². The fraction of sp³-hybridized carbons (Fsp3) is 0.304. The Morgan fingerprint density at radius 1 is 1.00 bits per heavy atom. The van der Waals surface area contributed by atoms with Crippen molar-refractivity contribution in [1.29, 1.82) is 0 Å². The largest absolute Gasteiger partial charge is 0.497 e. The van der Waals surface area contributed by atoms with Crippen LogP contribution in [0, 0.1) is 0 Å². The number of methoxy groups -OCH3 is 2. The molecule has 156 valence electrons. The van der Waals surface area contributed by atoms with Crippen LogP contribution in [-0.4, -0.2) is 57.1 Å². The maximum absolute atomic E-state index is 13.4. The zero-order valence-electron chi connectivity index (χ0n) is 17.5. The predicted octanol–water partition coefficient (Wildman–Crippen LogP) is 2.92. The van der Waals surface area contributed by atoms with Crippen LogP contribution in [0.4, 0.5) is 0 Å². The van der Waals surface area contributed by atoms with Crippen LogP contribution in [0.25, 0.3) is 11.0 Å². The van der Waals surface area contributed by atoms with Crippen LogP contribution in [-0.2, 0) is 0 Å². The van der Waals surface area contributed by atoms with Crippen molar-refractivity contribution in [2.24, 2.45) is 0 Å². The summed E-state index contributed by atoms with van der Waals surface area (Å²) in [4.78, 5) is 30.4. The average Bonchev–Trinajstić information content (AvgIpc) is 3.04. The molecule has 0 unspecified atom stereocenters. The van der Waals surface area contributed by atoms with Gasteiger partial charge in [0.25, 0.3) is 5.91 Å². The second-order valence-electron chi connectivity index (χ2n) is 7.51. The molecule has 0 spiro atoms. The summed E-state index contributed by atoms with van der Waals surface area (Å²) in [6.07, 6.45) is 0. The maximum atomic E-state index is 13.4. The van der Waals surface area contributed by atoms with E-state index in [-0.39, 0.29) is 17.1 Å². The Bertz CT molecular complexity index is 1150. The summed E-state index contributed by atoms with van der Waals surface area (Å²) in [5.74, 6) is 1.09. The lowest BCUT2D eigenvalue weighted by atomic mass is 9.98. The lowest BCUT2D eigenvalue weighted by Crippen LogP contribution is -2.35. The Labute approximate surface area is 174 Å². The summed E-state index contributed by atoms with van der Waals surface area (Å²) in [5, 5.41) is 0.426. The van der Waals surface area contributed by atoms with Crippen LogP contribution in [0.5, 0.6) is 11.5 Å². The van der Waals surface area contributed by atoms with Gasteiger partial charge in [-0.25, -0.2) is 0 Å². The van der Waals surface area contributed by atoms with Crippen LogP contribution >= 0.6 is 0 Å². The summed E-state index contributed by atoms with van der Waals surface area (Å²) >= 11 is 0. The van der Waals surface area contributed by atoms with Crippen molar-refractivity contribution >= 4 is 16.9 Å². The van der Waals surface area contributed by atoms with Crippen molar-refractivity contribution in [3.63, 3.8) is 0 Å². The van der Waals surface area contributed by atoms with Gasteiger partial charge in [-0.1, -0.05) is 12.1 Å². The van der Waals surface area contributed by atoms with Gasteiger partial charge >= 0.3 is 0 Å². The number of benzene rings is 2. The molecule has 4 rings (SSSR count). The van der Waals surface area contributed by atoms with Gasteiger partial charge in [0.2, 0.25) is 5.76 Å². The Hall–Kier alpha value is -3.32. The van der Waals surface area contributed by atoms with Gasteiger partial charge in [-0.3, -0.25) is 9.59 Å². The van der Waals surface area contributed by atoms with E-state index in [1.54, 1.807) is 37.3 Å². The summed E-state index contributed by atoms with van der Waals surface area (Å²) in [5.41, 5.74) is 1.35. The molecule has 0 aliphatic carbocycles. The lowest BCUT2D eigenvalue weighted by molar-refractivity contribution is 0.0716. The molecule has 1 amide bonds. The molecular formula is C23H24N2O5. The molecule has 7 nitrogen and oxygen atoms in total. The number of hydrogen-bond acceptors (Lipinski definition) is 6. The van der Waals surface area contributed by atoms with Gasteiger partial charge in [0, 0.05) is 19.2 Å². The van der Waals surface area contributed by atoms with Crippen molar-refractivity contribution in [1.82, 2.24) is 9.80 Å². The molecule has 1 atom stereocenters. The molecule has 0 fully saturated rings. The smallest absolute Gasteiger partial charge is 0.290 e. The number of likely N-dealkylation sites (N-methyl/N-ethyl adjacent to an activating group) is 1. The zero-order chi connectivity index (χ0) is 21.4. The van der Waals surface area contributed by atoms with E-state index in [1.807, 2.05) is 43.3 Å². The molecule has 1 aliphatic heterocycles. The van der Waals surface area contributed by atoms with Crippen LogP contribution in [0.15, 0.2) is 51.7 Å². The van der Waals surface area contributed by atoms with Gasteiger partial charge in [-0.05, 0) is 43.9 Å². The zero-order valence-corrected chi connectivity index (χ0v) is 17.5. The molecule has 30 heavy (non-hydrogen) atoms. The van der Waals surface area contributed by atoms with E-state index in [2.05, 4.69) is 0 Å². The van der Waals surface area contributed by atoms with Crippen LogP contribution in [0.3, 0.4) is 0 Å². The number of amides is 1. The number of carbonyl (C=O) groups is 1. The highest BCUT2D eigenvalue weighted by Crippen LogP contribution is 2.38. The second-order valence-corrected chi connectivity index (χ2v) is 7.51. The predicted molar refractivity (Wildman–Crippen MR) is 113 cm³/mol. The molecule has 0 saturated carbocycles. The monoisotopic (exact) mass is 408 g/mol. The average molecular weight is 408 g/mol. The van der Waals surface area contributed by atoms with Crippen molar-refractivity contribution in [2.45, 2.75) is 6.04 Å². The Morgan fingerprint density at radius 2 is 1.67 bits per heavy atom. The number of ether oxygens (including phenoxy) is 2. The summed E-state index contributed by atoms with van der Waals surface area (Å²) < 4.78 is 16.4. The van der Waals surface area contributed by atoms with Gasteiger partial charge in [0.05, 0.1) is 31.2 Å². The highest BCUT2D eigenvalue weighted by Gasteiger charge is 2.42. The number of nitrogens with zero attached hydrogens (tertiary/aromatic N) is 2. The van der Waals surface area contributed by atoms with Crippen LogP contribution < -0.4 is 14.9 Å². The van der Waals surface area contributed by atoms with Gasteiger partial charge in [-0.2, -0.15) is 0 Å². The van der Waals surface area contributed by atoms with Crippen LogP contribution in [0.1, 0.15) is 27.7 Å². The number of carbonyl (C=O) groups excluding carboxylic acids is 1. The van der Waals surface area contributed by atoms with Crippen molar-refractivity contribution < 1.29 is 18.7 Å². The summed E-state index contributed by atoms with van der Waals surface area (Å²) in [6, 6.07) is 11.9. The Morgan fingerprint density at radius 3 is 2.30 bits per heavy atom. The Kier molecular flexibility index (Phi) is 5.22. The highest BCUT2D eigenvalue weighted by molar-refractivity contribution is 5.99. The lowest BCUT2D eigenvalue weighted by Gasteiger charge is -2.26. The molecule has 3 aromatic rings. The van der Waals surface area contributed by atoms with E-state index in [0.717, 1.165) is 5.56 Å². The third-order valence-electron chi connectivity index (χ3n) is 5.39. The van der Waals surface area contributed by atoms with Crippen molar-refractivity contribution in [3.05, 3.63) is 69.6 Å². The van der Waals surface area contributed by atoms with Crippen molar-refractivity contribution in [3.8, 4) is 11.5 Å². The SMILES string of the molecule is COc1ccc([C@H]2c3c(oc4cc(OC)ccc4c3=O)C(=O)N2CCN(C)C)cc1. The van der Waals surface area contributed by atoms with E-state index in [1.165, 1.54) is 0 Å². The van der Waals surface area contributed by atoms with Gasteiger partial charge in [0.1, 0.15) is 17.1 Å². The van der Waals surface area contributed by atoms with Gasteiger partial charge in [0.15, 0.2) is 5.43 Å². The minimum absolute atomic E-state index is 0.0975. The van der Waals surface area contributed by atoms with E-state index in [0.29, 0.717) is 41.1 Å². The number of rotatable bonds is 6.